The van der Waals surface area contributed by atoms with Gasteiger partial charge in [0.1, 0.15) is 28.2 Å². The van der Waals surface area contributed by atoms with E-state index in [-0.39, 0.29) is 22.0 Å². The van der Waals surface area contributed by atoms with Gasteiger partial charge < -0.3 is 9.73 Å². The van der Waals surface area contributed by atoms with Crippen LogP contribution in [0.4, 0.5) is 5.69 Å². The lowest BCUT2D eigenvalue weighted by Crippen LogP contribution is -2.23. The lowest BCUT2D eigenvalue weighted by molar-refractivity contribution is -0.384. The molecular weight excluding hydrogens is 402 g/mol. The van der Waals surface area contributed by atoms with Crippen LogP contribution in [0.2, 0.25) is 5.02 Å². The Balaban J connectivity index is 1.78. The molecule has 0 aliphatic rings. The zero-order valence-electron chi connectivity index (χ0n) is 14.2. The molecule has 0 aliphatic carbocycles. The van der Waals surface area contributed by atoms with Crippen LogP contribution in [0.5, 0.6) is 0 Å². The summed E-state index contributed by atoms with van der Waals surface area (Å²) in [6, 6.07) is 13.1. The van der Waals surface area contributed by atoms with Gasteiger partial charge in [-0.15, -0.1) is 11.3 Å². The van der Waals surface area contributed by atoms with Crippen molar-refractivity contribution >= 4 is 40.6 Å². The Morgan fingerprint density at radius 1 is 1.36 bits per heavy atom. The van der Waals surface area contributed by atoms with Crippen molar-refractivity contribution in [2.45, 2.75) is 6.54 Å². The Bertz CT molecular complexity index is 1100. The normalized spacial score (nSPS) is 11.1. The van der Waals surface area contributed by atoms with Crippen LogP contribution in [-0.4, -0.2) is 10.8 Å². The molecule has 0 saturated carbocycles. The van der Waals surface area contributed by atoms with Gasteiger partial charge in [0, 0.05) is 22.6 Å². The molecule has 0 atom stereocenters. The second kappa shape index (κ2) is 8.52. The van der Waals surface area contributed by atoms with Crippen molar-refractivity contribution in [2.24, 2.45) is 0 Å². The van der Waals surface area contributed by atoms with Gasteiger partial charge in [0.05, 0.1) is 11.5 Å². The number of nitro benzene ring substituents is 1. The molecule has 3 rings (SSSR count). The molecule has 0 aliphatic heterocycles. The minimum atomic E-state index is -0.582. The van der Waals surface area contributed by atoms with Gasteiger partial charge >= 0.3 is 0 Å². The lowest BCUT2D eigenvalue weighted by atomic mass is 10.1. The maximum atomic E-state index is 12.2. The van der Waals surface area contributed by atoms with Crippen LogP contribution in [0.25, 0.3) is 17.4 Å². The van der Waals surface area contributed by atoms with Gasteiger partial charge in [0.15, 0.2) is 0 Å². The zero-order chi connectivity index (χ0) is 20.1. The highest BCUT2D eigenvalue weighted by atomic mass is 35.5. The van der Waals surface area contributed by atoms with Crippen molar-refractivity contribution in [1.29, 1.82) is 5.26 Å². The third-order valence-corrected chi connectivity index (χ3v) is 4.91. The molecule has 9 heteroatoms. The van der Waals surface area contributed by atoms with Crippen molar-refractivity contribution in [2.75, 3.05) is 0 Å². The van der Waals surface area contributed by atoms with Crippen LogP contribution in [0, 0.1) is 21.4 Å². The monoisotopic (exact) mass is 413 g/mol. The number of nitro groups is 1. The van der Waals surface area contributed by atoms with Crippen LogP contribution in [-0.2, 0) is 11.3 Å². The first-order valence-electron chi connectivity index (χ1n) is 7.94. The van der Waals surface area contributed by atoms with E-state index < -0.39 is 10.8 Å². The maximum absolute atomic E-state index is 12.2. The van der Waals surface area contributed by atoms with Gasteiger partial charge in [-0.2, -0.15) is 5.26 Å². The van der Waals surface area contributed by atoms with E-state index in [0.717, 1.165) is 4.88 Å². The standard InChI is InChI=1S/C19H12ClN3O4S/c20-16-5-3-12(9-17(16)23(25)26)18-6-4-14(27-18)8-13(10-21)19(24)22-11-15-2-1-7-28-15/h1-9H,11H2,(H,22,24)/b13-8+. The number of nitriles is 1. The average Bonchev–Trinajstić information content (AvgIpc) is 3.36. The van der Waals surface area contributed by atoms with E-state index >= 15 is 0 Å². The number of thiophene rings is 1. The smallest absolute Gasteiger partial charge is 0.288 e. The summed E-state index contributed by atoms with van der Waals surface area (Å²) in [5.74, 6) is 0.105. The molecule has 0 unspecified atom stereocenters. The van der Waals surface area contributed by atoms with E-state index in [0.29, 0.717) is 17.9 Å². The van der Waals surface area contributed by atoms with Crippen molar-refractivity contribution in [3.63, 3.8) is 0 Å². The number of amides is 1. The van der Waals surface area contributed by atoms with Crippen LogP contribution in [0.3, 0.4) is 0 Å². The number of rotatable bonds is 6. The predicted molar refractivity (Wildman–Crippen MR) is 106 cm³/mol. The highest BCUT2D eigenvalue weighted by Crippen LogP contribution is 2.31. The maximum Gasteiger partial charge on any atom is 0.288 e. The summed E-state index contributed by atoms with van der Waals surface area (Å²) < 4.78 is 5.61. The summed E-state index contributed by atoms with van der Waals surface area (Å²) in [6.45, 7) is 0.327. The fourth-order valence-electron chi connectivity index (χ4n) is 2.36. The van der Waals surface area contributed by atoms with Crippen LogP contribution < -0.4 is 5.32 Å². The number of hydrogen-bond donors (Lipinski definition) is 1. The predicted octanol–water partition coefficient (Wildman–Crippen LogP) is 4.79. The third-order valence-electron chi connectivity index (χ3n) is 3.71. The van der Waals surface area contributed by atoms with Crippen molar-refractivity contribution < 1.29 is 14.1 Å². The minimum absolute atomic E-state index is 0.0228. The molecular formula is C19H12ClN3O4S. The molecule has 0 radical (unpaired) electrons. The second-order valence-electron chi connectivity index (χ2n) is 5.56. The van der Waals surface area contributed by atoms with E-state index in [4.69, 9.17) is 16.0 Å². The largest absolute Gasteiger partial charge is 0.457 e. The molecule has 0 bridgehead atoms. The van der Waals surface area contributed by atoms with Crippen molar-refractivity contribution in [3.05, 3.63) is 79.2 Å². The molecule has 7 nitrogen and oxygen atoms in total. The van der Waals surface area contributed by atoms with Crippen molar-refractivity contribution in [1.82, 2.24) is 5.32 Å². The van der Waals surface area contributed by atoms with E-state index in [1.165, 1.54) is 29.5 Å². The first kappa shape index (κ1) is 19.4. The molecule has 1 N–H and O–H groups in total. The molecule has 0 fully saturated rings. The summed E-state index contributed by atoms with van der Waals surface area (Å²) >= 11 is 7.31. The fraction of sp³-hybridized carbons (Fsp3) is 0.0526. The quantitative estimate of drug-likeness (QED) is 0.270. The Hall–Kier alpha value is -3.41. The third kappa shape index (κ3) is 4.46. The molecule has 3 aromatic rings. The van der Waals surface area contributed by atoms with Crippen LogP contribution >= 0.6 is 22.9 Å². The van der Waals surface area contributed by atoms with Crippen LogP contribution in [0.15, 0.2) is 57.8 Å². The molecule has 2 aromatic heterocycles. The fourth-order valence-corrected chi connectivity index (χ4v) is 3.19. The number of halogens is 1. The highest BCUT2D eigenvalue weighted by Gasteiger charge is 2.16. The molecule has 0 saturated heterocycles. The van der Waals surface area contributed by atoms with Gasteiger partial charge in [-0.3, -0.25) is 14.9 Å². The Labute approximate surface area is 168 Å². The van der Waals surface area contributed by atoms with Gasteiger partial charge in [-0.05, 0) is 35.7 Å². The molecule has 140 valence electrons. The number of hydrogen-bond acceptors (Lipinski definition) is 6. The van der Waals surface area contributed by atoms with Crippen molar-refractivity contribution in [3.8, 4) is 17.4 Å². The van der Waals surface area contributed by atoms with Gasteiger partial charge in [-0.1, -0.05) is 17.7 Å². The number of furan rings is 1. The van der Waals surface area contributed by atoms with Gasteiger partial charge in [0.2, 0.25) is 0 Å². The summed E-state index contributed by atoms with van der Waals surface area (Å²) in [6.07, 6.45) is 1.32. The summed E-state index contributed by atoms with van der Waals surface area (Å²) in [7, 11) is 0. The molecule has 1 amide bonds. The SMILES string of the molecule is N#C/C(=C\c1ccc(-c2ccc(Cl)c([N+](=O)[O-])c2)o1)C(=O)NCc1cccs1. The number of benzene rings is 1. The number of carbonyl (C=O) groups is 1. The Kier molecular flexibility index (Phi) is 5.89. The average molecular weight is 414 g/mol. The summed E-state index contributed by atoms with van der Waals surface area (Å²) in [5.41, 5.74) is 0.106. The molecule has 1 aromatic carbocycles. The Morgan fingerprint density at radius 2 is 2.18 bits per heavy atom. The second-order valence-corrected chi connectivity index (χ2v) is 7.00. The minimum Gasteiger partial charge on any atom is -0.457 e. The van der Waals surface area contributed by atoms with Gasteiger partial charge in [-0.25, -0.2) is 0 Å². The lowest BCUT2D eigenvalue weighted by Gasteiger charge is -2.02. The summed E-state index contributed by atoms with van der Waals surface area (Å²) in [4.78, 5) is 23.6. The number of nitrogens with one attached hydrogen (secondary N) is 1. The molecule has 2 heterocycles. The van der Waals surface area contributed by atoms with Crippen LogP contribution in [0.1, 0.15) is 10.6 Å². The van der Waals surface area contributed by atoms with E-state index in [9.17, 15) is 20.2 Å². The highest BCUT2D eigenvalue weighted by molar-refractivity contribution is 7.09. The first-order chi connectivity index (χ1) is 13.5. The van der Waals surface area contributed by atoms with E-state index in [1.54, 1.807) is 18.2 Å². The number of nitrogens with zero attached hydrogens (tertiary/aromatic N) is 2. The van der Waals surface area contributed by atoms with E-state index in [1.807, 2.05) is 23.6 Å². The Morgan fingerprint density at radius 3 is 2.86 bits per heavy atom. The topological polar surface area (TPSA) is 109 Å². The zero-order valence-corrected chi connectivity index (χ0v) is 15.8. The molecule has 28 heavy (non-hydrogen) atoms. The number of carbonyl (C=O) groups excluding carboxylic acids is 1. The van der Waals surface area contributed by atoms with E-state index in [2.05, 4.69) is 5.32 Å². The van der Waals surface area contributed by atoms with Gasteiger partial charge in [0.25, 0.3) is 11.6 Å². The first-order valence-corrected chi connectivity index (χ1v) is 9.20. The molecule has 0 spiro atoms. The summed E-state index contributed by atoms with van der Waals surface area (Å²) in [5, 5.41) is 24.9.